The number of pyridine rings is 1. The molecule has 0 spiro atoms. The predicted molar refractivity (Wildman–Crippen MR) is 68.1 cm³/mol. The minimum atomic E-state index is -0.298. The Labute approximate surface area is 103 Å². The zero-order valence-corrected chi connectivity index (χ0v) is 9.61. The standard InChI is InChI=1S/C12H10ClN3O/c13-9-4-2-1-3-8(9)12(17)16-11-5-6-15-7-10(11)14/h1-7H,14H2,(H,15,16,17). The largest absolute Gasteiger partial charge is 0.396 e. The molecule has 0 radical (unpaired) electrons. The first-order valence-corrected chi connectivity index (χ1v) is 5.31. The second kappa shape index (κ2) is 4.84. The van der Waals surface area contributed by atoms with Gasteiger partial charge < -0.3 is 11.1 Å². The van der Waals surface area contributed by atoms with Crippen LogP contribution in [0.2, 0.25) is 5.02 Å². The quantitative estimate of drug-likeness (QED) is 0.857. The number of carbonyl (C=O) groups is 1. The van der Waals surface area contributed by atoms with Gasteiger partial charge in [0, 0.05) is 6.20 Å². The summed E-state index contributed by atoms with van der Waals surface area (Å²) in [5, 5.41) is 3.08. The van der Waals surface area contributed by atoms with Crippen molar-refractivity contribution in [2.24, 2.45) is 0 Å². The van der Waals surface area contributed by atoms with Crippen molar-refractivity contribution in [2.45, 2.75) is 0 Å². The Morgan fingerprint density at radius 1 is 1.29 bits per heavy atom. The number of hydrogen-bond acceptors (Lipinski definition) is 3. The monoisotopic (exact) mass is 247 g/mol. The highest BCUT2D eigenvalue weighted by atomic mass is 35.5. The average Bonchev–Trinajstić information content (AvgIpc) is 2.32. The summed E-state index contributed by atoms with van der Waals surface area (Å²) < 4.78 is 0. The lowest BCUT2D eigenvalue weighted by Gasteiger charge is -2.08. The number of amides is 1. The molecule has 0 unspecified atom stereocenters. The summed E-state index contributed by atoms with van der Waals surface area (Å²) in [5.41, 5.74) is 7.01. The van der Waals surface area contributed by atoms with Crippen molar-refractivity contribution in [3.63, 3.8) is 0 Å². The number of nitrogen functional groups attached to an aromatic ring is 1. The highest BCUT2D eigenvalue weighted by molar-refractivity contribution is 6.34. The molecule has 0 saturated carbocycles. The van der Waals surface area contributed by atoms with Gasteiger partial charge in [0.1, 0.15) is 0 Å². The van der Waals surface area contributed by atoms with Crippen molar-refractivity contribution in [3.05, 3.63) is 53.3 Å². The van der Waals surface area contributed by atoms with E-state index >= 15 is 0 Å². The summed E-state index contributed by atoms with van der Waals surface area (Å²) in [6.45, 7) is 0. The third-order valence-corrected chi connectivity index (χ3v) is 2.55. The molecule has 5 heteroatoms. The number of nitrogens with one attached hydrogen (secondary N) is 1. The predicted octanol–water partition coefficient (Wildman–Crippen LogP) is 2.57. The van der Waals surface area contributed by atoms with E-state index in [4.69, 9.17) is 17.3 Å². The van der Waals surface area contributed by atoms with Crippen LogP contribution in [0.1, 0.15) is 10.4 Å². The molecule has 0 aliphatic carbocycles. The summed E-state index contributed by atoms with van der Waals surface area (Å²) in [7, 11) is 0. The van der Waals surface area contributed by atoms with E-state index in [1.54, 1.807) is 36.5 Å². The zero-order chi connectivity index (χ0) is 12.3. The second-order valence-electron chi connectivity index (χ2n) is 3.40. The van der Waals surface area contributed by atoms with Gasteiger partial charge in [0.05, 0.1) is 28.2 Å². The number of halogens is 1. The van der Waals surface area contributed by atoms with Gasteiger partial charge in [-0.2, -0.15) is 0 Å². The van der Waals surface area contributed by atoms with Gasteiger partial charge in [-0.3, -0.25) is 9.78 Å². The van der Waals surface area contributed by atoms with Gasteiger partial charge in [-0.25, -0.2) is 0 Å². The van der Waals surface area contributed by atoms with Crippen LogP contribution in [0.15, 0.2) is 42.7 Å². The van der Waals surface area contributed by atoms with Crippen molar-refractivity contribution < 1.29 is 4.79 Å². The molecule has 2 rings (SSSR count). The average molecular weight is 248 g/mol. The van der Waals surface area contributed by atoms with E-state index in [-0.39, 0.29) is 5.91 Å². The van der Waals surface area contributed by atoms with Crippen LogP contribution in [-0.2, 0) is 0 Å². The summed E-state index contributed by atoms with van der Waals surface area (Å²) in [6, 6.07) is 8.45. The van der Waals surface area contributed by atoms with E-state index in [0.29, 0.717) is 22.0 Å². The minimum absolute atomic E-state index is 0.298. The molecule has 2 aromatic rings. The molecular formula is C12H10ClN3O. The fraction of sp³-hybridized carbons (Fsp3) is 0. The molecule has 4 nitrogen and oxygen atoms in total. The van der Waals surface area contributed by atoms with Gasteiger partial charge >= 0.3 is 0 Å². The SMILES string of the molecule is Nc1cnccc1NC(=O)c1ccccc1Cl. The van der Waals surface area contributed by atoms with Crippen LogP contribution in [0.25, 0.3) is 0 Å². The van der Waals surface area contributed by atoms with Crippen LogP contribution in [0.5, 0.6) is 0 Å². The molecule has 1 aromatic heterocycles. The third kappa shape index (κ3) is 2.54. The van der Waals surface area contributed by atoms with E-state index in [0.717, 1.165) is 0 Å². The second-order valence-corrected chi connectivity index (χ2v) is 3.80. The number of aromatic nitrogens is 1. The van der Waals surface area contributed by atoms with Crippen molar-refractivity contribution in [1.82, 2.24) is 4.98 Å². The maximum atomic E-state index is 11.9. The number of nitrogens with zero attached hydrogens (tertiary/aromatic N) is 1. The first-order valence-electron chi connectivity index (χ1n) is 4.94. The Morgan fingerprint density at radius 3 is 2.76 bits per heavy atom. The molecule has 17 heavy (non-hydrogen) atoms. The lowest BCUT2D eigenvalue weighted by molar-refractivity contribution is 0.102. The molecule has 3 N–H and O–H groups in total. The fourth-order valence-corrected chi connectivity index (χ4v) is 1.58. The molecular weight excluding hydrogens is 238 g/mol. The molecule has 86 valence electrons. The number of rotatable bonds is 2. The molecule has 1 aromatic carbocycles. The van der Waals surface area contributed by atoms with Crippen LogP contribution in [0.4, 0.5) is 11.4 Å². The van der Waals surface area contributed by atoms with E-state index in [2.05, 4.69) is 10.3 Å². The van der Waals surface area contributed by atoms with E-state index < -0.39 is 0 Å². The van der Waals surface area contributed by atoms with Crippen molar-refractivity contribution in [2.75, 3.05) is 11.1 Å². The molecule has 0 aliphatic heterocycles. The Kier molecular flexibility index (Phi) is 3.25. The zero-order valence-electron chi connectivity index (χ0n) is 8.85. The number of nitrogens with two attached hydrogens (primary N) is 1. The van der Waals surface area contributed by atoms with Gasteiger partial charge in [-0.05, 0) is 18.2 Å². The molecule has 1 heterocycles. The van der Waals surface area contributed by atoms with Crippen LogP contribution in [0, 0.1) is 0 Å². The van der Waals surface area contributed by atoms with Gasteiger partial charge in [-0.1, -0.05) is 23.7 Å². The molecule has 0 atom stereocenters. The Balaban J connectivity index is 2.24. The van der Waals surface area contributed by atoms with Crippen LogP contribution < -0.4 is 11.1 Å². The summed E-state index contributed by atoms with van der Waals surface area (Å²) in [4.78, 5) is 15.8. The summed E-state index contributed by atoms with van der Waals surface area (Å²) in [5.74, 6) is -0.298. The minimum Gasteiger partial charge on any atom is -0.396 e. The summed E-state index contributed by atoms with van der Waals surface area (Å²) >= 11 is 5.92. The van der Waals surface area contributed by atoms with Crippen LogP contribution in [-0.4, -0.2) is 10.9 Å². The Bertz CT molecular complexity index is 557. The van der Waals surface area contributed by atoms with E-state index in [1.165, 1.54) is 6.20 Å². The first kappa shape index (κ1) is 11.4. The number of hydrogen-bond donors (Lipinski definition) is 2. The number of carbonyl (C=O) groups excluding carboxylic acids is 1. The molecule has 0 aliphatic rings. The van der Waals surface area contributed by atoms with Gasteiger partial charge in [-0.15, -0.1) is 0 Å². The van der Waals surface area contributed by atoms with Crippen LogP contribution >= 0.6 is 11.6 Å². The molecule has 1 amide bonds. The highest BCUT2D eigenvalue weighted by Crippen LogP contribution is 2.19. The maximum absolute atomic E-state index is 11.9. The van der Waals surface area contributed by atoms with Crippen molar-refractivity contribution in [1.29, 1.82) is 0 Å². The normalized spacial score (nSPS) is 9.94. The van der Waals surface area contributed by atoms with Crippen molar-refractivity contribution in [3.8, 4) is 0 Å². The Morgan fingerprint density at radius 2 is 2.06 bits per heavy atom. The lowest BCUT2D eigenvalue weighted by Crippen LogP contribution is -2.13. The van der Waals surface area contributed by atoms with Crippen LogP contribution in [0.3, 0.4) is 0 Å². The lowest BCUT2D eigenvalue weighted by atomic mass is 10.2. The van der Waals surface area contributed by atoms with Gasteiger partial charge in [0.2, 0.25) is 0 Å². The van der Waals surface area contributed by atoms with E-state index in [1.807, 2.05) is 0 Å². The van der Waals surface area contributed by atoms with Gasteiger partial charge in [0.25, 0.3) is 5.91 Å². The number of anilines is 2. The fourth-order valence-electron chi connectivity index (χ4n) is 1.36. The summed E-state index contributed by atoms with van der Waals surface area (Å²) in [6.07, 6.45) is 3.03. The number of benzene rings is 1. The molecule has 0 fully saturated rings. The highest BCUT2D eigenvalue weighted by Gasteiger charge is 2.10. The Hall–Kier alpha value is -2.07. The third-order valence-electron chi connectivity index (χ3n) is 2.22. The molecule has 0 bridgehead atoms. The van der Waals surface area contributed by atoms with Crippen molar-refractivity contribution >= 4 is 28.9 Å². The van der Waals surface area contributed by atoms with Gasteiger partial charge in [0.15, 0.2) is 0 Å². The smallest absolute Gasteiger partial charge is 0.257 e. The van der Waals surface area contributed by atoms with E-state index in [9.17, 15) is 4.79 Å². The first-order chi connectivity index (χ1) is 8.18. The topological polar surface area (TPSA) is 68.0 Å². The molecule has 0 saturated heterocycles. The maximum Gasteiger partial charge on any atom is 0.257 e.